The Kier molecular flexibility index (Phi) is 4.87. The lowest BCUT2D eigenvalue weighted by Crippen LogP contribution is -2.10. The molecule has 0 saturated heterocycles. The second kappa shape index (κ2) is 6.63. The van der Waals surface area contributed by atoms with Crippen molar-refractivity contribution in [1.82, 2.24) is 9.97 Å². The third-order valence-corrected chi connectivity index (χ3v) is 2.89. The first kappa shape index (κ1) is 14.0. The molecule has 0 unspecified atom stereocenters. The zero-order valence-corrected chi connectivity index (χ0v) is 12.4. The van der Waals surface area contributed by atoms with Crippen LogP contribution in [0.25, 0.3) is 11.0 Å². The fraction of sp³-hybridized carbons (Fsp3) is 0.286. The van der Waals surface area contributed by atoms with Crippen LogP contribution in [0.2, 0.25) is 0 Å². The lowest BCUT2D eigenvalue weighted by atomic mass is 10.3. The van der Waals surface area contributed by atoms with Gasteiger partial charge in [0.2, 0.25) is 0 Å². The minimum Gasteiger partial charge on any atom is -0.381 e. The maximum atomic E-state index is 5.44. The summed E-state index contributed by atoms with van der Waals surface area (Å²) in [7, 11) is 0. The molecule has 0 aliphatic heterocycles. The molecule has 100 valence electrons. The normalized spacial score (nSPS) is 10.6. The lowest BCUT2D eigenvalue weighted by Gasteiger charge is -2.09. The van der Waals surface area contributed by atoms with Crippen LogP contribution in [0.3, 0.4) is 0 Å². The molecule has 1 N–H and O–H groups in total. The first-order valence-electron chi connectivity index (χ1n) is 6.03. The summed E-state index contributed by atoms with van der Waals surface area (Å²) < 4.78 is 6.37. The predicted octanol–water partition coefficient (Wildman–Crippen LogP) is 3.40. The van der Waals surface area contributed by atoms with E-state index in [1.54, 1.807) is 12.4 Å². The van der Waals surface area contributed by atoms with Crippen LogP contribution in [0.1, 0.15) is 6.92 Å². The Bertz CT molecular complexity index is 586. The zero-order valence-electron chi connectivity index (χ0n) is 10.8. The van der Waals surface area contributed by atoms with Gasteiger partial charge in [-0.1, -0.05) is 12.2 Å². The van der Waals surface area contributed by atoms with Crippen molar-refractivity contribution in [2.24, 2.45) is 0 Å². The third-order valence-electron chi connectivity index (χ3n) is 2.45. The van der Waals surface area contributed by atoms with Crippen LogP contribution >= 0.6 is 15.9 Å². The van der Waals surface area contributed by atoms with Crippen LogP contribution < -0.4 is 5.32 Å². The van der Waals surface area contributed by atoms with Gasteiger partial charge in [-0.05, 0) is 35.0 Å². The highest BCUT2D eigenvalue weighted by Gasteiger charge is 2.03. The number of nitrogens with one attached hydrogen (secondary N) is 1. The molecule has 0 saturated carbocycles. The van der Waals surface area contributed by atoms with E-state index in [9.17, 15) is 0 Å². The second-order valence-electron chi connectivity index (χ2n) is 4.32. The van der Waals surface area contributed by atoms with Gasteiger partial charge < -0.3 is 10.1 Å². The van der Waals surface area contributed by atoms with Gasteiger partial charge in [-0.15, -0.1) is 0 Å². The van der Waals surface area contributed by atoms with E-state index in [0.717, 1.165) is 33.3 Å². The molecule has 2 rings (SSSR count). The second-order valence-corrected chi connectivity index (χ2v) is 5.23. The van der Waals surface area contributed by atoms with Gasteiger partial charge in [0.15, 0.2) is 0 Å². The largest absolute Gasteiger partial charge is 0.381 e. The van der Waals surface area contributed by atoms with Gasteiger partial charge in [0.05, 0.1) is 24.4 Å². The molecule has 0 radical (unpaired) electrons. The molecule has 4 nitrogen and oxygen atoms in total. The van der Waals surface area contributed by atoms with E-state index in [1.807, 2.05) is 19.1 Å². The van der Waals surface area contributed by atoms with Crippen LogP contribution in [0.15, 0.2) is 41.2 Å². The van der Waals surface area contributed by atoms with E-state index >= 15 is 0 Å². The number of fused-ring (bicyclic) bond motifs is 1. The number of hydrogen-bond acceptors (Lipinski definition) is 4. The van der Waals surface area contributed by atoms with Crippen molar-refractivity contribution in [3.05, 3.63) is 41.2 Å². The van der Waals surface area contributed by atoms with E-state index in [2.05, 4.69) is 37.8 Å². The Morgan fingerprint density at radius 3 is 3.11 bits per heavy atom. The fourth-order valence-electron chi connectivity index (χ4n) is 1.65. The van der Waals surface area contributed by atoms with Gasteiger partial charge in [0, 0.05) is 23.4 Å². The highest BCUT2D eigenvalue weighted by molar-refractivity contribution is 9.10. The Morgan fingerprint density at radius 1 is 1.47 bits per heavy atom. The highest BCUT2D eigenvalue weighted by Crippen LogP contribution is 2.21. The monoisotopic (exact) mass is 321 g/mol. The minimum atomic E-state index is 0.601. The maximum Gasteiger partial charge on any atom is 0.112 e. The summed E-state index contributed by atoms with van der Waals surface area (Å²) in [5.41, 5.74) is 3.73. The SMILES string of the molecule is C=C(C)COCCNc1ccnc2cc(Br)cnc12. The van der Waals surface area contributed by atoms with Crippen molar-refractivity contribution in [3.8, 4) is 0 Å². The van der Waals surface area contributed by atoms with E-state index in [1.165, 1.54) is 0 Å². The van der Waals surface area contributed by atoms with Crippen molar-refractivity contribution >= 4 is 32.7 Å². The summed E-state index contributed by atoms with van der Waals surface area (Å²) in [6.07, 6.45) is 3.54. The van der Waals surface area contributed by atoms with Gasteiger partial charge in [-0.3, -0.25) is 9.97 Å². The number of aromatic nitrogens is 2. The van der Waals surface area contributed by atoms with Crippen LogP contribution in [0.5, 0.6) is 0 Å². The summed E-state index contributed by atoms with van der Waals surface area (Å²) in [6, 6.07) is 3.87. The Hall–Kier alpha value is -1.46. The summed E-state index contributed by atoms with van der Waals surface area (Å²) in [6.45, 7) is 7.70. The number of pyridine rings is 2. The van der Waals surface area contributed by atoms with Crippen molar-refractivity contribution < 1.29 is 4.74 Å². The molecule has 0 aromatic carbocycles. The Balaban J connectivity index is 1.99. The molecule has 5 heteroatoms. The first-order valence-corrected chi connectivity index (χ1v) is 6.82. The molecule has 0 spiro atoms. The summed E-state index contributed by atoms with van der Waals surface area (Å²) >= 11 is 3.39. The minimum absolute atomic E-state index is 0.601. The quantitative estimate of drug-likeness (QED) is 0.654. The molecule has 2 heterocycles. The molecule has 0 amide bonds. The van der Waals surface area contributed by atoms with Gasteiger partial charge >= 0.3 is 0 Å². The van der Waals surface area contributed by atoms with Crippen molar-refractivity contribution in [1.29, 1.82) is 0 Å². The van der Waals surface area contributed by atoms with E-state index in [4.69, 9.17) is 4.74 Å². The predicted molar refractivity (Wildman–Crippen MR) is 81.4 cm³/mol. The van der Waals surface area contributed by atoms with Crippen LogP contribution in [0.4, 0.5) is 5.69 Å². The number of halogens is 1. The number of ether oxygens (including phenoxy) is 1. The molecule has 2 aromatic rings. The summed E-state index contributed by atoms with van der Waals surface area (Å²) in [5.74, 6) is 0. The maximum absolute atomic E-state index is 5.44. The van der Waals surface area contributed by atoms with Gasteiger partial charge in [-0.2, -0.15) is 0 Å². The number of anilines is 1. The average Bonchev–Trinajstić information content (AvgIpc) is 2.37. The molecule has 19 heavy (non-hydrogen) atoms. The zero-order chi connectivity index (χ0) is 13.7. The molecule has 0 bridgehead atoms. The Morgan fingerprint density at radius 2 is 2.32 bits per heavy atom. The van der Waals surface area contributed by atoms with Crippen molar-refractivity contribution in [3.63, 3.8) is 0 Å². The fourth-order valence-corrected chi connectivity index (χ4v) is 1.97. The topological polar surface area (TPSA) is 47.0 Å². The molecule has 2 aromatic heterocycles. The molecular weight excluding hydrogens is 306 g/mol. The summed E-state index contributed by atoms with van der Waals surface area (Å²) in [5, 5.41) is 3.31. The number of nitrogens with zero attached hydrogens (tertiary/aromatic N) is 2. The smallest absolute Gasteiger partial charge is 0.112 e. The van der Waals surface area contributed by atoms with Crippen LogP contribution in [-0.2, 0) is 4.74 Å². The van der Waals surface area contributed by atoms with Crippen molar-refractivity contribution in [2.75, 3.05) is 25.1 Å². The van der Waals surface area contributed by atoms with Gasteiger partial charge in [-0.25, -0.2) is 0 Å². The first-order chi connectivity index (χ1) is 9.16. The van der Waals surface area contributed by atoms with Gasteiger partial charge in [0.1, 0.15) is 5.52 Å². The molecule has 0 aliphatic rings. The van der Waals surface area contributed by atoms with E-state index in [0.29, 0.717) is 13.2 Å². The van der Waals surface area contributed by atoms with E-state index in [-0.39, 0.29) is 0 Å². The third kappa shape index (κ3) is 4.01. The Labute approximate surface area is 121 Å². The van der Waals surface area contributed by atoms with Crippen molar-refractivity contribution in [2.45, 2.75) is 6.92 Å². The van der Waals surface area contributed by atoms with Gasteiger partial charge in [0.25, 0.3) is 0 Å². The number of rotatable bonds is 6. The van der Waals surface area contributed by atoms with E-state index < -0.39 is 0 Å². The summed E-state index contributed by atoms with van der Waals surface area (Å²) in [4.78, 5) is 8.68. The highest BCUT2D eigenvalue weighted by atomic mass is 79.9. The molecular formula is C14H16BrN3O. The molecule has 0 fully saturated rings. The molecule has 0 atom stereocenters. The van der Waals surface area contributed by atoms with Crippen LogP contribution in [-0.4, -0.2) is 29.7 Å². The average molecular weight is 322 g/mol. The molecule has 0 aliphatic carbocycles. The standard InChI is InChI=1S/C14H16BrN3O/c1-10(2)9-19-6-5-17-12-3-4-16-13-7-11(15)8-18-14(12)13/h3-4,7-8H,1,5-6,9H2,2H3,(H,16,17). The number of hydrogen-bond donors (Lipinski definition) is 1. The van der Waals surface area contributed by atoms with Crippen LogP contribution in [0, 0.1) is 0 Å². The lowest BCUT2D eigenvalue weighted by molar-refractivity contribution is 0.167.